The third-order valence-electron chi connectivity index (χ3n) is 23.7. The van der Waals surface area contributed by atoms with Crippen molar-refractivity contribution in [3.63, 3.8) is 0 Å². The predicted molar refractivity (Wildman–Crippen MR) is 464 cm³/mol. The van der Waals surface area contributed by atoms with Gasteiger partial charge in [0.25, 0.3) is 0 Å². The van der Waals surface area contributed by atoms with Crippen molar-refractivity contribution in [2.24, 2.45) is 0 Å². The molecule has 0 atom stereocenters. The van der Waals surface area contributed by atoms with Gasteiger partial charge in [-0.25, -0.2) is 0 Å². The molecule has 0 saturated heterocycles. The summed E-state index contributed by atoms with van der Waals surface area (Å²) in [6.07, 6.45) is 45.1. The highest BCUT2D eigenvalue weighted by atomic mass is 14.3. The fourth-order valence-electron chi connectivity index (χ4n) is 16.8. The molecule has 0 amide bonds. The molecule has 0 N–H and O–H groups in total. The minimum absolute atomic E-state index is 1.01. The highest BCUT2D eigenvalue weighted by Crippen LogP contribution is 2.44. The Morgan fingerprint density at radius 2 is 0.208 bits per heavy atom. The van der Waals surface area contributed by atoms with Gasteiger partial charge in [0, 0.05) is 0 Å². The van der Waals surface area contributed by atoms with Gasteiger partial charge in [0.05, 0.1) is 0 Å². The Morgan fingerprint density at radius 1 is 0.113 bits per heavy atom. The van der Waals surface area contributed by atoms with E-state index in [1.165, 1.54) is 192 Å². The van der Waals surface area contributed by atoms with Crippen LogP contribution in [0.2, 0.25) is 0 Å². The van der Waals surface area contributed by atoms with Crippen LogP contribution in [0.15, 0.2) is 194 Å². The van der Waals surface area contributed by atoms with Gasteiger partial charge in [-0.3, -0.25) is 0 Å². The van der Waals surface area contributed by atoms with Crippen molar-refractivity contribution in [3.05, 3.63) is 328 Å². The first kappa shape index (κ1) is 81.0. The lowest BCUT2D eigenvalue weighted by Gasteiger charge is -2.31. The number of benzene rings is 10. The maximum Gasteiger partial charge on any atom is -0.0108 e. The highest BCUT2D eigenvalue weighted by molar-refractivity contribution is 5.98. The topological polar surface area (TPSA) is 0 Å². The first-order valence-corrected chi connectivity index (χ1v) is 43.5. The van der Waals surface area contributed by atoms with Gasteiger partial charge in [0.2, 0.25) is 0 Å². The van der Waals surface area contributed by atoms with Crippen LogP contribution < -0.4 is 0 Å². The summed E-state index contributed by atoms with van der Waals surface area (Å²) in [5.41, 5.74) is 36.7. The number of hydrogen-bond acceptors (Lipinski definition) is 0. The zero-order valence-electron chi connectivity index (χ0n) is 67.8. The SMILES string of the molecule is CCCCc1ccc(CCc2c(CCc3ccc(CCCC)cc3)c(CCc3ccc(CCCC)cc3)c3c(CCc4ccc(CCCC)cc4)c(CCc4ccc(CCCC)cc4)c(CCc4ccc(CCCC)cc4)c(CCc4ccc(CCCC)cc4)c3c2CCc2ccc(CCCC)cc2)cc1. The van der Waals surface area contributed by atoms with Crippen LogP contribution in [0, 0.1) is 0 Å². The van der Waals surface area contributed by atoms with Crippen LogP contribution in [0.3, 0.4) is 0 Å². The fourth-order valence-corrected chi connectivity index (χ4v) is 16.8. The van der Waals surface area contributed by atoms with Gasteiger partial charge in [-0.1, -0.05) is 301 Å². The Kier molecular flexibility index (Phi) is 34.1. The first-order chi connectivity index (χ1) is 52.2. The molecule has 0 aliphatic heterocycles. The van der Waals surface area contributed by atoms with Gasteiger partial charge in [0.1, 0.15) is 0 Å². The van der Waals surface area contributed by atoms with Gasteiger partial charge in [0.15, 0.2) is 0 Å². The van der Waals surface area contributed by atoms with E-state index < -0.39 is 0 Å². The van der Waals surface area contributed by atoms with Crippen LogP contribution in [0.25, 0.3) is 10.8 Å². The van der Waals surface area contributed by atoms with Crippen LogP contribution >= 0.6 is 0 Å². The third kappa shape index (κ3) is 24.7. The normalized spacial score (nSPS) is 11.6. The lowest BCUT2D eigenvalue weighted by molar-refractivity contribution is 0.791. The number of hydrogen-bond donors (Lipinski definition) is 0. The molecule has 10 aromatic carbocycles. The average molecular weight is 1410 g/mol. The maximum atomic E-state index is 2.51. The molecule has 0 spiro atoms. The average Bonchev–Trinajstić information content (AvgIpc) is 0.719. The van der Waals surface area contributed by atoms with Crippen molar-refractivity contribution in [2.75, 3.05) is 0 Å². The Bertz CT molecular complexity index is 3580. The largest absolute Gasteiger partial charge is 0.0654 e. The van der Waals surface area contributed by atoms with Crippen molar-refractivity contribution in [1.29, 1.82) is 0 Å². The highest BCUT2D eigenvalue weighted by Gasteiger charge is 2.29. The molecule has 0 bridgehead atoms. The van der Waals surface area contributed by atoms with E-state index in [-0.39, 0.29) is 0 Å². The molecule has 0 nitrogen and oxygen atoms in total. The number of unbranched alkanes of at least 4 members (excludes halogenated alkanes) is 8. The molecule has 0 aliphatic rings. The Balaban J connectivity index is 1.31. The van der Waals surface area contributed by atoms with Crippen LogP contribution in [0.4, 0.5) is 0 Å². The summed E-state index contributed by atoms with van der Waals surface area (Å²) in [7, 11) is 0. The predicted octanol–water partition coefficient (Wildman–Crippen LogP) is 27.9. The van der Waals surface area contributed by atoms with Crippen LogP contribution in [-0.2, 0) is 154 Å². The Labute approximate surface area is 646 Å². The summed E-state index contributed by atoms with van der Waals surface area (Å²) < 4.78 is 0. The van der Waals surface area contributed by atoms with E-state index in [1.54, 1.807) is 55.3 Å². The fraction of sp³-hybridized carbons (Fsp3) is 0.453. The first-order valence-electron chi connectivity index (χ1n) is 43.5. The standard InChI is InChI=1S/C106H136/c1-9-17-25-81-33-49-89(50-34-81)65-73-97-98(74-66-90-51-35-82(36-52-90)26-18-10-2)102(78-70-94-59-43-86(44-60-94)30-22-14-6)106-104(80-72-96-63-47-88(48-64-96)32-24-16-8)100(76-68-92-55-39-84(40-56-92)28-20-12-4)99(75-67-91-53-37-83(38-54-91)27-19-11-3)103(79-71-95-61-45-87(46-62-95)31-23-15-7)105(106)101(97)77-69-93-57-41-85(42-58-93)29-21-13-5/h33-64H,9-32,65-80H2,1-8H3. The Hall–Kier alpha value is -7.54. The van der Waals surface area contributed by atoms with E-state index in [0.29, 0.717) is 0 Å². The van der Waals surface area contributed by atoms with Crippen molar-refractivity contribution in [2.45, 2.75) is 312 Å². The molecule has 560 valence electrons. The second-order valence-electron chi connectivity index (χ2n) is 31.9. The van der Waals surface area contributed by atoms with Crippen molar-refractivity contribution >= 4 is 10.8 Å². The quantitative estimate of drug-likeness (QED) is 0.0357. The summed E-state index contributed by atoms with van der Waals surface area (Å²) in [5, 5.41) is 3.27. The summed E-state index contributed by atoms with van der Waals surface area (Å²) in [4.78, 5) is 0. The van der Waals surface area contributed by atoms with Crippen molar-refractivity contribution in [1.82, 2.24) is 0 Å². The minimum atomic E-state index is 1.01. The second kappa shape index (κ2) is 44.7. The molecule has 0 heteroatoms. The smallest absolute Gasteiger partial charge is 0.0108 e. The summed E-state index contributed by atoms with van der Waals surface area (Å²) in [6.45, 7) is 18.6. The van der Waals surface area contributed by atoms with Gasteiger partial charge in [-0.15, -0.1) is 0 Å². The van der Waals surface area contributed by atoms with Crippen molar-refractivity contribution < 1.29 is 0 Å². The van der Waals surface area contributed by atoms with E-state index in [2.05, 4.69) is 250 Å². The van der Waals surface area contributed by atoms with E-state index in [4.69, 9.17) is 0 Å². The van der Waals surface area contributed by atoms with Crippen LogP contribution in [0.1, 0.15) is 292 Å². The molecule has 0 saturated carbocycles. The summed E-state index contributed by atoms with van der Waals surface area (Å²) in [5.74, 6) is 0. The van der Waals surface area contributed by atoms with E-state index >= 15 is 0 Å². The van der Waals surface area contributed by atoms with E-state index in [0.717, 1.165) is 154 Å². The number of fused-ring (bicyclic) bond motifs is 1. The summed E-state index contributed by atoms with van der Waals surface area (Å²) in [6, 6.07) is 79.6. The minimum Gasteiger partial charge on any atom is -0.0654 e. The van der Waals surface area contributed by atoms with Crippen molar-refractivity contribution in [3.8, 4) is 0 Å². The molecule has 0 radical (unpaired) electrons. The van der Waals surface area contributed by atoms with E-state index in [9.17, 15) is 0 Å². The zero-order chi connectivity index (χ0) is 73.9. The Morgan fingerprint density at radius 3 is 0.311 bits per heavy atom. The molecular weight excluding hydrogens is 1270 g/mol. The lowest BCUT2D eigenvalue weighted by atomic mass is 9.73. The molecule has 0 unspecified atom stereocenters. The molecule has 106 heavy (non-hydrogen) atoms. The monoisotopic (exact) mass is 1410 g/mol. The van der Waals surface area contributed by atoms with Gasteiger partial charge < -0.3 is 0 Å². The third-order valence-corrected chi connectivity index (χ3v) is 23.7. The van der Waals surface area contributed by atoms with Crippen LogP contribution in [-0.4, -0.2) is 0 Å². The molecule has 0 heterocycles. The molecular formula is C106H136. The second-order valence-corrected chi connectivity index (χ2v) is 31.9. The van der Waals surface area contributed by atoms with Gasteiger partial charge in [-0.05, 0) is 350 Å². The molecule has 0 aromatic heterocycles. The molecule has 10 aromatic rings. The number of rotatable bonds is 48. The molecule has 0 fully saturated rings. The number of aryl methyl sites for hydroxylation is 20. The lowest BCUT2D eigenvalue weighted by Crippen LogP contribution is -2.17. The molecule has 0 aliphatic carbocycles. The van der Waals surface area contributed by atoms with Gasteiger partial charge in [-0.2, -0.15) is 0 Å². The van der Waals surface area contributed by atoms with E-state index in [1.807, 2.05) is 0 Å². The molecule has 10 rings (SSSR count). The zero-order valence-corrected chi connectivity index (χ0v) is 67.8. The maximum absolute atomic E-state index is 2.51. The van der Waals surface area contributed by atoms with Gasteiger partial charge >= 0.3 is 0 Å². The summed E-state index contributed by atoms with van der Waals surface area (Å²) >= 11 is 0. The van der Waals surface area contributed by atoms with Crippen LogP contribution in [0.5, 0.6) is 0 Å².